The molecule has 3 rings (SSSR count). The first-order valence-electron chi connectivity index (χ1n) is 10.4. The van der Waals surface area contributed by atoms with Crippen molar-refractivity contribution in [2.45, 2.75) is 37.4 Å². The lowest BCUT2D eigenvalue weighted by Crippen LogP contribution is -2.37. The van der Waals surface area contributed by atoms with E-state index in [1.807, 2.05) is 6.92 Å². The van der Waals surface area contributed by atoms with Gasteiger partial charge in [-0.05, 0) is 42.7 Å². The molecule has 0 atom stereocenters. The monoisotopic (exact) mass is 496 g/mol. The van der Waals surface area contributed by atoms with Crippen LogP contribution in [0.2, 0.25) is 0 Å². The number of halogens is 3. The summed E-state index contributed by atoms with van der Waals surface area (Å²) in [6.45, 7) is 2.03. The number of amides is 1. The van der Waals surface area contributed by atoms with Crippen LogP contribution in [0.3, 0.4) is 0 Å². The average molecular weight is 497 g/mol. The van der Waals surface area contributed by atoms with Crippen molar-refractivity contribution in [1.82, 2.24) is 14.1 Å². The van der Waals surface area contributed by atoms with E-state index in [4.69, 9.17) is 0 Å². The highest BCUT2D eigenvalue weighted by molar-refractivity contribution is 8.00. The number of unbranched alkanes of at least 4 members (excludes halogenated alkanes) is 1. The fourth-order valence-corrected chi connectivity index (χ4v) is 4.34. The van der Waals surface area contributed by atoms with E-state index in [1.54, 1.807) is 6.20 Å². The summed E-state index contributed by atoms with van der Waals surface area (Å²) < 4.78 is 43.0. The highest BCUT2D eigenvalue weighted by Gasteiger charge is 2.31. The van der Waals surface area contributed by atoms with Crippen LogP contribution in [0, 0.1) is 0 Å². The molecule has 0 unspecified atom stereocenters. The van der Waals surface area contributed by atoms with Gasteiger partial charge in [0.05, 0.1) is 11.1 Å². The zero-order valence-electron chi connectivity index (χ0n) is 18.7. The Kier molecular flexibility index (Phi) is 7.70. The van der Waals surface area contributed by atoms with Gasteiger partial charge < -0.3 is 10.1 Å². The maximum Gasteiger partial charge on any atom is 0.573 e. The SMILES string of the molecule is CCCCc1cnc2c(c1SCC(=O)Nc1ccc(OC(F)(F)F)cc1)c(=O)n(C)c(=O)n2C. The Morgan fingerprint density at radius 1 is 1.15 bits per heavy atom. The molecule has 0 aliphatic carbocycles. The predicted molar refractivity (Wildman–Crippen MR) is 123 cm³/mol. The van der Waals surface area contributed by atoms with E-state index in [1.165, 1.54) is 30.8 Å². The lowest BCUT2D eigenvalue weighted by Gasteiger charge is -2.14. The molecule has 0 bridgehead atoms. The second-order valence-corrected chi connectivity index (χ2v) is 8.52. The third-order valence-corrected chi connectivity index (χ3v) is 6.18. The van der Waals surface area contributed by atoms with Crippen LogP contribution in [0.5, 0.6) is 5.75 Å². The van der Waals surface area contributed by atoms with E-state index >= 15 is 0 Å². The Balaban J connectivity index is 1.85. The van der Waals surface area contributed by atoms with Crippen LogP contribution in [0.1, 0.15) is 25.3 Å². The van der Waals surface area contributed by atoms with Gasteiger partial charge in [0.15, 0.2) is 0 Å². The van der Waals surface area contributed by atoms with Crippen molar-refractivity contribution in [2.75, 3.05) is 11.1 Å². The summed E-state index contributed by atoms with van der Waals surface area (Å²) in [6.07, 6.45) is -0.759. The quantitative estimate of drug-likeness (QED) is 0.479. The number of aryl methyl sites for hydroxylation is 2. The second-order valence-electron chi connectivity index (χ2n) is 7.53. The number of aromatic nitrogens is 3. The molecule has 1 amide bonds. The standard InChI is InChI=1S/C22H23F3N4O4S/c1-4-5-6-13-11-26-19-17(20(31)29(3)21(32)28(19)2)18(13)34-12-16(30)27-14-7-9-15(10-8-14)33-22(23,24)25/h7-11H,4-6,12H2,1-3H3,(H,27,30). The number of pyridine rings is 1. The summed E-state index contributed by atoms with van der Waals surface area (Å²) in [5, 5.41) is 2.88. The largest absolute Gasteiger partial charge is 0.573 e. The van der Waals surface area contributed by atoms with Gasteiger partial charge in [-0.1, -0.05) is 13.3 Å². The predicted octanol–water partition coefficient (Wildman–Crippen LogP) is 3.60. The number of anilines is 1. The molecule has 0 aliphatic heterocycles. The van der Waals surface area contributed by atoms with E-state index in [0.29, 0.717) is 17.0 Å². The summed E-state index contributed by atoms with van der Waals surface area (Å²) in [7, 11) is 2.91. The number of nitrogens with zero attached hydrogens (tertiary/aromatic N) is 3. The molecule has 12 heteroatoms. The van der Waals surface area contributed by atoms with Gasteiger partial charge in [-0.15, -0.1) is 24.9 Å². The first-order valence-corrected chi connectivity index (χ1v) is 11.4. The number of fused-ring (bicyclic) bond motifs is 1. The average Bonchev–Trinajstić information content (AvgIpc) is 2.78. The van der Waals surface area contributed by atoms with Crippen molar-refractivity contribution in [3.8, 4) is 5.75 Å². The Hall–Kier alpha value is -3.28. The first kappa shape index (κ1) is 25.3. The summed E-state index contributed by atoms with van der Waals surface area (Å²) in [5.74, 6) is -0.877. The molecule has 1 aromatic carbocycles. The maximum atomic E-state index is 12.9. The minimum atomic E-state index is -4.80. The fraction of sp³-hybridized carbons (Fsp3) is 0.364. The molecule has 0 saturated heterocycles. The number of alkyl halides is 3. The molecular weight excluding hydrogens is 473 g/mol. The van der Waals surface area contributed by atoms with Crippen molar-refractivity contribution in [1.29, 1.82) is 0 Å². The number of thioether (sulfide) groups is 1. The molecule has 0 aliphatic rings. The highest BCUT2D eigenvalue weighted by Crippen LogP contribution is 2.30. The Morgan fingerprint density at radius 2 is 1.82 bits per heavy atom. The lowest BCUT2D eigenvalue weighted by molar-refractivity contribution is -0.274. The molecule has 34 heavy (non-hydrogen) atoms. The third-order valence-electron chi connectivity index (χ3n) is 5.01. The van der Waals surface area contributed by atoms with Gasteiger partial charge in [-0.2, -0.15) is 0 Å². The lowest BCUT2D eigenvalue weighted by atomic mass is 10.1. The normalized spacial score (nSPS) is 11.6. The van der Waals surface area contributed by atoms with Gasteiger partial charge in [-0.3, -0.25) is 18.7 Å². The Labute approximate surface area is 196 Å². The number of hydrogen-bond donors (Lipinski definition) is 1. The van der Waals surface area contributed by atoms with E-state index in [-0.39, 0.29) is 16.8 Å². The molecule has 2 aromatic heterocycles. The van der Waals surface area contributed by atoms with E-state index in [9.17, 15) is 27.6 Å². The van der Waals surface area contributed by atoms with Crippen LogP contribution >= 0.6 is 11.8 Å². The molecule has 0 saturated carbocycles. The van der Waals surface area contributed by atoms with Crippen LogP contribution in [-0.2, 0) is 25.3 Å². The maximum absolute atomic E-state index is 12.9. The molecule has 8 nitrogen and oxygen atoms in total. The molecule has 0 spiro atoms. The van der Waals surface area contributed by atoms with Crippen molar-refractivity contribution in [2.24, 2.45) is 14.1 Å². The van der Waals surface area contributed by atoms with Gasteiger partial charge in [0.25, 0.3) is 5.56 Å². The fourth-order valence-electron chi connectivity index (χ4n) is 3.33. The molecule has 2 heterocycles. The highest BCUT2D eigenvalue weighted by atomic mass is 32.2. The van der Waals surface area contributed by atoms with Crippen LogP contribution in [0.15, 0.2) is 44.9 Å². The summed E-state index contributed by atoms with van der Waals surface area (Å²) >= 11 is 1.15. The number of hydrogen-bond acceptors (Lipinski definition) is 6. The summed E-state index contributed by atoms with van der Waals surface area (Å²) in [5.41, 5.74) is 0.336. The van der Waals surface area contributed by atoms with E-state index in [0.717, 1.165) is 46.9 Å². The van der Waals surface area contributed by atoms with Gasteiger partial charge in [0.2, 0.25) is 5.91 Å². The Bertz CT molecular complexity index is 1320. The van der Waals surface area contributed by atoms with Crippen LogP contribution < -0.4 is 21.3 Å². The summed E-state index contributed by atoms with van der Waals surface area (Å²) in [6, 6.07) is 4.78. The van der Waals surface area contributed by atoms with Crippen LogP contribution in [0.25, 0.3) is 11.0 Å². The van der Waals surface area contributed by atoms with Gasteiger partial charge in [0.1, 0.15) is 11.4 Å². The first-order chi connectivity index (χ1) is 16.0. The molecule has 1 N–H and O–H groups in total. The van der Waals surface area contributed by atoms with Crippen LogP contribution in [0.4, 0.5) is 18.9 Å². The van der Waals surface area contributed by atoms with E-state index in [2.05, 4.69) is 15.0 Å². The molecule has 182 valence electrons. The molecule has 0 radical (unpaired) electrons. The number of nitrogens with one attached hydrogen (secondary N) is 1. The van der Waals surface area contributed by atoms with Crippen molar-refractivity contribution in [3.63, 3.8) is 0 Å². The van der Waals surface area contributed by atoms with E-state index < -0.39 is 29.3 Å². The van der Waals surface area contributed by atoms with Gasteiger partial charge in [-0.25, -0.2) is 9.78 Å². The molecule has 3 aromatic rings. The van der Waals surface area contributed by atoms with Crippen molar-refractivity contribution in [3.05, 3.63) is 56.9 Å². The van der Waals surface area contributed by atoms with Crippen LogP contribution in [-0.4, -0.2) is 32.1 Å². The minimum absolute atomic E-state index is 0.0644. The number of benzene rings is 1. The summed E-state index contributed by atoms with van der Waals surface area (Å²) in [4.78, 5) is 42.7. The van der Waals surface area contributed by atoms with Gasteiger partial charge >= 0.3 is 12.1 Å². The number of carbonyl (C=O) groups excluding carboxylic acids is 1. The van der Waals surface area contributed by atoms with Gasteiger partial charge in [0, 0.05) is 30.9 Å². The zero-order chi connectivity index (χ0) is 25.0. The van der Waals surface area contributed by atoms with Crippen molar-refractivity contribution < 1.29 is 22.7 Å². The number of ether oxygens (including phenoxy) is 1. The second kappa shape index (κ2) is 10.3. The smallest absolute Gasteiger partial charge is 0.406 e. The number of rotatable bonds is 8. The minimum Gasteiger partial charge on any atom is -0.406 e. The van der Waals surface area contributed by atoms with Crippen molar-refractivity contribution >= 4 is 34.4 Å². The topological polar surface area (TPSA) is 95.2 Å². The number of carbonyl (C=O) groups is 1. The molecule has 0 fully saturated rings. The molecular formula is C22H23F3N4O4S. The third kappa shape index (κ3) is 5.79. The zero-order valence-corrected chi connectivity index (χ0v) is 19.5. The Morgan fingerprint density at radius 3 is 2.44 bits per heavy atom.